The molecular formula is C103H222N16O16S3. The van der Waals surface area contributed by atoms with E-state index in [0.29, 0.717) is 105 Å². The summed E-state index contributed by atoms with van der Waals surface area (Å²) in [6.07, 6.45) is 28.3. The van der Waals surface area contributed by atoms with Gasteiger partial charge in [-0.1, -0.05) is 221 Å². The molecule has 2 unspecified atom stereocenters. The SMILES string of the molecule is CC(C)(C)CCCNC(=O)CS(C)(=O)=O.CC(C)(C)CCCO.CC(C)(C)CCO.CCCCNC(=O)C(C)OC.CCOCC(=O)NCCCC(C)(C)C.CN=C(NC#N)NCCCC(C)(C)C.CN=C(NCCCC(C)(C)C)NOC.COC(C)(C)C(=O)NCCCC(C)(C)C.CONC(N)=NCCCC(C)(C)C.CS(=O)CC(=O)NCCCC(C)(C)C.CSCC(=O)NCCCC(C)(C)C. The molecule has 0 rings (SSSR count). The fourth-order valence-corrected chi connectivity index (χ4v) is 11.5. The number of guanidine groups is 3. The molecule has 138 heavy (non-hydrogen) atoms. The first kappa shape index (κ1) is 155. The van der Waals surface area contributed by atoms with Gasteiger partial charge in [0.1, 0.15) is 29.8 Å². The smallest absolute Gasteiger partial charge is 0.251 e. The van der Waals surface area contributed by atoms with Crippen molar-refractivity contribution in [3.05, 3.63) is 0 Å². The number of amides is 6. The highest BCUT2D eigenvalue weighted by molar-refractivity contribution is 7.99. The van der Waals surface area contributed by atoms with Crippen LogP contribution in [0.1, 0.15) is 377 Å². The minimum atomic E-state index is -3.20. The fraction of sp³-hybridized carbons (Fsp3) is 0.903. The number of hydrogen-bond acceptors (Lipinski definition) is 21. The molecule has 0 aromatic carbocycles. The van der Waals surface area contributed by atoms with Crippen LogP contribution >= 0.6 is 11.8 Å². The number of aliphatic hydroxyl groups excluding tert-OH is 2. The molecule has 0 aromatic heterocycles. The Balaban J connectivity index is -0.000000144. The van der Waals surface area contributed by atoms with Gasteiger partial charge in [0.15, 0.2) is 16.0 Å². The summed E-state index contributed by atoms with van der Waals surface area (Å²) < 4.78 is 47.1. The molecule has 0 spiro atoms. The van der Waals surface area contributed by atoms with Gasteiger partial charge in [-0.2, -0.15) is 17.0 Å². The highest BCUT2D eigenvalue weighted by Crippen LogP contribution is 2.26. The first-order valence-corrected chi connectivity index (χ1v) is 54.9. The Bertz CT molecular complexity index is 3220. The number of aliphatic imine (C=N–C) groups is 3. The highest BCUT2D eigenvalue weighted by Gasteiger charge is 2.27. The number of rotatable bonds is 45. The van der Waals surface area contributed by atoms with Crippen molar-refractivity contribution in [3.63, 3.8) is 0 Å². The van der Waals surface area contributed by atoms with Crippen LogP contribution in [-0.4, -0.2) is 252 Å². The zero-order valence-electron chi connectivity index (χ0n) is 96.9. The minimum Gasteiger partial charge on any atom is -0.396 e. The molecule has 0 saturated heterocycles. The predicted octanol–water partition coefficient (Wildman–Crippen LogP) is 17.3. The minimum absolute atomic E-state index is 0.0132. The number of aliphatic hydroxyl groups is 2. The number of hydroxylamine groups is 2. The molecule has 15 N–H and O–H groups in total. The molecule has 35 heteroatoms. The first-order valence-electron chi connectivity index (χ1n) is 49.7. The van der Waals surface area contributed by atoms with Crippen LogP contribution < -0.4 is 64.5 Å². The van der Waals surface area contributed by atoms with Crippen molar-refractivity contribution in [1.29, 1.82) is 5.26 Å². The Kier molecular flexibility index (Phi) is 101. The number of nitrogens with two attached hydrogens (primary N) is 1. The number of nitrogens with one attached hydrogen (secondary N) is 11. The van der Waals surface area contributed by atoms with E-state index >= 15 is 0 Å². The number of nitrogens with zero attached hydrogens (tertiary/aromatic N) is 4. The molecule has 0 aromatic rings. The Labute approximate surface area is 854 Å². The number of nitriles is 1. The first-order chi connectivity index (χ1) is 62.8. The topological polar surface area (TPSA) is 459 Å². The van der Waals surface area contributed by atoms with Crippen LogP contribution in [0.4, 0.5) is 0 Å². The average Bonchev–Trinajstić information content (AvgIpc) is 0.892. The molecule has 0 aliphatic carbocycles. The maximum atomic E-state index is 11.6. The highest BCUT2D eigenvalue weighted by atomic mass is 32.2. The molecule has 0 bridgehead atoms. The van der Waals surface area contributed by atoms with E-state index in [2.05, 4.69) is 293 Å². The van der Waals surface area contributed by atoms with E-state index in [4.69, 9.17) is 40.3 Å². The number of methoxy groups -OCH3 is 2. The number of sulfone groups is 1. The molecule has 0 radical (unpaired) electrons. The van der Waals surface area contributed by atoms with E-state index in [1.165, 1.54) is 26.9 Å². The van der Waals surface area contributed by atoms with E-state index in [9.17, 15) is 41.4 Å². The van der Waals surface area contributed by atoms with Gasteiger partial charge in [-0.05, 0) is 217 Å². The van der Waals surface area contributed by atoms with Crippen molar-refractivity contribution in [3.8, 4) is 6.19 Å². The molecule has 6 amide bonds. The Morgan fingerprint density at radius 1 is 0.449 bits per heavy atom. The van der Waals surface area contributed by atoms with Gasteiger partial charge in [0.05, 0.1) is 20.0 Å². The molecule has 32 nitrogen and oxygen atoms in total. The van der Waals surface area contributed by atoms with Gasteiger partial charge in [-0.15, -0.1) is 0 Å². The van der Waals surface area contributed by atoms with Crippen LogP contribution in [0.3, 0.4) is 0 Å². The van der Waals surface area contributed by atoms with Crippen molar-refractivity contribution < 1.29 is 75.5 Å². The molecule has 0 heterocycles. The summed E-state index contributed by atoms with van der Waals surface area (Å²) in [6.45, 7) is 83.2. The summed E-state index contributed by atoms with van der Waals surface area (Å²) in [7, 11) is 5.30. The van der Waals surface area contributed by atoms with Crippen LogP contribution in [0.2, 0.25) is 0 Å². The number of thioether (sulfide) groups is 1. The van der Waals surface area contributed by atoms with E-state index in [1.807, 2.05) is 19.4 Å². The molecule has 0 aliphatic rings. The number of hydrogen-bond donors (Lipinski definition) is 14. The van der Waals surface area contributed by atoms with Crippen LogP contribution in [-0.2, 0) is 73.3 Å². The van der Waals surface area contributed by atoms with Crippen LogP contribution in [0, 0.1) is 65.6 Å². The van der Waals surface area contributed by atoms with Crippen molar-refractivity contribution in [2.24, 2.45) is 74.9 Å². The van der Waals surface area contributed by atoms with Gasteiger partial charge >= 0.3 is 0 Å². The van der Waals surface area contributed by atoms with Crippen LogP contribution in [0.15, 0.2) is 15.0 Å². The number of carbonyl (C=O) groups excluding carboxylic acids is 6. The predicted molar refractivity (Wildman–Crippen MR) is 589 cm³/mol. The molecule has 828 valence electrons. The van der Waals surface area contributed by atoms with Gasteiger partial charge in [0, 0.05) is 130 Å². The van der Waals surface area contributed by atoms with Crippen molar-refractivity contribution >= 4 is 85.7 Å². The van der Waals surface area contributed by atoms with Crippen molar-refractivity contribution in [1.82, 2.24) is 58.8 Å². The average molecular weight is 2040 g/mol. The second-order valence-electron chi connectivity index (χ2n) is 46.6. The fourth-order valence-electron chi connectivity index (χ4n) is 10.1. The summed E-state index contributed by atoms with van der Waals surface area (Å²) in [4.78, 5) is 88.2. The molecule has 0 fully saturated rings. The zero-order valence-corrected chi connectivity index (χ0v) is 99.4. The Hall–Kier alpha value is -5.71. The lowest BCUT2D eigenvalue weighted by molar-refractivity contribution is -0.139. The maximum absolute atomic E-state index is 11.6. The third kappa shape index (κ3) is 161. The maximum Gasteiger partial charge on any atom is 0.251 e. The van der Waals surface area contributed by atoms with Gasteiger partial charge in [-0.25, -0.2) is 19.4 Å². The van der Waals surface area contributed by atoms with Gasteiger partial charge in [-0.3, -0.25) is 62.9 Å². The monoisotopic (exact) mass is 2040 g/mol. The standard InChI is InChI=1S/C12H25NO2.C11H23NO2.C10H20N4.C10H23N3O.C10H21NO3S.C10H21NO2S.C10H21NOS.C9H21N3O.C8H17NO2.C7H16O.C6H14O/c1-11(2,3)8-7-9-13-10(14)12(4,5)15-6;1-5-14-9-10(13)12-8-6-7-11(2,3)4;1-10(2,3)6-5-7-13-9(12-4)14-8-11;1-10(2,3)7-6-8-12-9(11-4)13-14-5;1-10(2,3)6-5-7-11-9(12)8-15(4,13)14;1-10(2,3)6-5-7-11-9(12)8-14(4)13;1-10(2,3)6-5-7-11-9(12)8-13-4;1-9(2,3)6-5-7-11-8(10)12-13-4;1-4-5-6-9-8(10)7(2)11-3;1-7(2,3)5-4-6-8;1-6(2,3)4-5-7/h7-9H2,1-6H3,(H,13,14);5-9H2,1-4H3,(H,12,13);5-7H2,1-4H3,(H2,12,13,14);6-8H2,1-5H3,(H2,11,12,13);5-8H2,1-4H3,(H,11,12);5-8H2,1-4H3,(H,11,12);5-8H2,1-4H3,(H,11,12);5-7H2,1-4H3,(H3,10,11,12);7H,4-6H2,1-3H3,(H,9,10);8H,4-6H2,1-3H3;7H,4-5H2,1-3H3. The molecular weight excluding hydrogens is 1810 g/mol. The third-order valence-electron chi connectivity index (χ3n) is 18.3. The summed E-state index contributed by atoms with van der Waals surface area (Å²) in [5.74, 6) is 1.40. The number of ether oxygens (including phenoxy) is 3. The van der Waals surface area contributed by atoms with E-state index in [-0.39, 0.29) is 53.4 Å². The quantitative estimate of drug-likeness (QED) is 0.00672. The van der Waals surface area contributed by atoms with Crippen LogP contribution in [0.25, 0.3) is 0 Å². The lowest BCUT2D eigenvalue weighted by Gasteiger charge is -2.22. The van der Waals surface area contributed by atoms with Crippen LogP contribution in [0.5, 0.6) is 0 Å². The molecule has 2 atom stereocenters. The zero-order chi connectivity index (χ0) is 110. The van der Waals surface area contributed by atoms with Crippen molar-refractivity contribution in [2.45, 2.75) is 389 Å². The molecule has 0 aliphatic heterocycles. The molecule has 0 saturated carbocycles. The number of carbonyl (C=O) groups is 6. The Morgan fingerprint density at radius 3 is 1.06 bits per heavy atom. The van der Waals surface area contributed by atoms with Gasteiger partial charge < -0.3 is 72.7 Å². The van der Waals surface area contributed by atoms with E-state index < -0.39 is 37.9 Å². The van der Waals surface area contributed by atoms with E-state index in [1.54, 1.807) is 60.8 Å². The number of unbranched alkanes of at least 4 members (excludes halogenated alkanes) is 1. The normalized spacial score (nSPS) is 12.4. The second-order valence-corrected chi connectivity index (χ2v) is 51.0. The third-order valence-corrected chi connectivity index (χ3v) is 20.3. The van der Waals surface area contributed by atoms with Gasteiger partial charge in [0.25, 0.3) is 5.91 Å². The lowest BCUT2D eigenvalue weighted by atomic mass is 9.90. The lowest BCUT2D eigenvalue weighted by Crippen LogP contribution is -2.43. The second kappa shape index (κ2) is 90.1. The summed E-state index contributed by atoms with van der Waals surface area (Å²) in [5, 5.41) is 50.6. The van der Waals surface area contributed by atoms with Gasteiger partial charge in [0.2, 0.25) is 47.4 Å². The largest absolute Gasteiger partial charge is 0.396 e. The van der Waals surface area contributed by atoms with Crippen molar-refractivity contribution in [2.75, 3.05) is 164 Å². The van der Waals surface area contributed by atoms with E-state index in [0.717, 1.165) is 180 Å². The summed E-state index contributed by atoms with van der Waals surface area (Å²) in [5.41, 5.74) is 13.3. The summed E-state index contributed by atoms with van der Waals surface area (Å²) >= 11 is 1.56. The summed E-state index contributed by atoms with van der Waals surface area (Å²) in [6, 6.07) is 0. The Morgan fingerprint density at radius 2 is 0.775 bits per heavy atom.